The predicted molar refractivity (Wildman–Crippen MR) is 100 cm³/mol. The molecule has 0 bridgehead atoms. The largest absolute Gasteiger partial charge is 0.448 e. The second-order valence-corrected chi connectivity index (χ2v) is 6.62. The van der Waals surface area contributed by atoms with Gasteiger partial charge in [0, 0.05) is 16.3 Å². The van der Waals surface area contributed by atoms with Gasteiger partial charge < -0.3 is 4.74 Å². The van der Waals surface area contributed by atoms with Crippen LogP contribution in [0.15, 0.2) is 59.8 Å². The van der Waals surface area contributed by atoms with Gasteiger partial charge in [-0.3, -0.25) is 5.32 Å². The summed E-state index contributed by atoms with van der Waals surface area (Å²) in [6.45, 7) is 2.98. The summed E-state index contributed by atoms with van der Waals surface area (Å²) in [4.78, 5) is 14.5. The number of nitrogens with zero attached hydrogens (tertiary/aromatic N) is 4. The van der Waals surface area contributed by atoms with Crippen LogP contribution in [0.3, 0.4) is 0 Å². The summed E-state index contributed by atoms with van der Waals surface area (Å²) in [6, 6.07) is 15.3. The number of hydrogen-bond acceptors (Lipinski definition) is 6. The molecule has 1 amide bonds. The highest BCUT2D eigenvalue weighted by Crippen LogP contribution is 2.25. The fourth-order valence-corrected chi connectivity index (χ4v) is 3.27. The first-order valence-electron chi connectivity index (χ1n) is 8.13. The number of ether oxygens (including phenoxy) is 1. The number of carbonyl (C=O) groups is 1. The van der Waals surface area contributed by atoms with Gasteiger partial charge >= 0.3 is 6.09 Å². The van der Waals surface area contributed by atoms with Crippen molar-refractivity contribution in [2.24, 2.45) is 0 Å². The summed E-state index contributed by atoms with van der Waals surface area (Å²) in [6.07, 6.45) is 0.978. The average Bonchev–Trinajstić information content (AvgIpc) is 3.15. The lowest BCUT2D eigenvalue weighted by Gasteiger charge is -2.11. The zero-order valence-electron chi connectivity index (χ0n) is 14.3. The van der Waals surface area contributed by atoms with E-state index < -0.39 is 6.09 Å². The number of hydrogen-bond donors (Lipinski definition) is 1. The second kappa shape index (κ2) is 9.00. The van der Waals surface area contributed by atoms with E-state index in [-0.39, 0.29) is 0 Å². The molecule has 0 atom stereocenters. The molecule has 0 saturated carbocycles. The first-order chi connectivity index (χ1) is 12.7. The smallest absolute Gasteiger partial charge is 0.411 e. The molecule has 26 heavy (non-hydrogen) atoms. The van der Waals surface area contributed by atoms with Gasteiger partial charge in [-0.25, -0.2) is 4.79 Å². The molecule has 0 saturated heterocycles. The quantitative estimate of drug-likeness (QED) is 0.508. The van der Waals surface area contributed by atoms with Gasteiger partial charge in [-0.2, -0.15) is 4.80 Å². The van der Waals surface area contributed by atoms with Crippen LogP contribution >= 0.6 is 11.8 Å². The van der Waals surface area contributed by atoms with Crippen LogP contribution in [0.5, 0.6) is 0 Å². The van der Waals surface area contributed by atoms with Crippen molar-refractivity contribution < 1.29 is 9.53 Å². The number of tetrazole rings is 1. The molecule has 0 aliphatic heterocycles. The van der Waals surface area contributed by atoms with E-state index in [0.29, 0.717) is 18.9 Å². The lowest BCUT2D eigenvalue weighted by Crippen LogP contribution is -2.15. The van der Waals surface area contributed by atoms with Crippen molar-refractivity contribution in [3.8, 4) is 0 Å². The monoisotopic (exact) mass is 369 g/mol. The Morgan fingerprint density at radius 1 is 1.19 bits per heavy atom. The van der Waals surface area contributed by atoms with Crippen molar-refractivity contribution in [3.63, 3.8) is 0 Å². The predicted octanol–water partition coefficient (Wildman–Crippen LogP) is 3.37. The molecule has 1 N–H and O–H groups in total. The minimum atomic E-state index is -0.445. The fourth-order valence-electron chi connectivity index (χ4n) is 2.36. The average molecular weight is 369 g/mol. The van der Waals surface area contributed by atoms with E-state index in [0.717, 1.165) is 16.1 Å². The topological polar surface area (TPSA) is 81.9 Å². The maximum Gasteiger partial charge on any atom is 0.411 e. The SMILES string of the molecule is Cc1c(Cn2ncnn2)cccc1SCCOC(=O)Nc1ccccc1. The molecule has 0 unspecified atom stereocenters. The van der Waals surface area contributed by atoms with Crippen LogP contribution in [0.1, 0.15) is 11.1 Å². The van der Waals surface area contributed by atoms with Crippen molar-refractivity contribution in [3.05, 3.63) is 66.0 Å². The lowest BCUT2D eigenvalue weighted by atomic mass is 10.1. The van der Waals surface area contributed by atoms with E-state index in [4.69, 9.17) is 4.74 Å². The molecule has 0 spiro atoms. The van der Waals surface area contributed by atoms with E-state index in [1.54, 1.807) is 16.6 Å². The molecule has 1 heterocycles. The van der Waals surface area contributed by atoms with Crippen LogP contribution in [0.2, 0.25) is 0 Å². The fraction of sp³-hybridized carbons (Fsp3) is 0.222. The minimum Gasteiger partial charge on any atom is -0.448 e. The Hall–Kier alpha value is -2.87. The van der Waals surface area contributed by atoms with Gasteiger partial charge in [0.15, 0.2) is 6.33 Å². The van der Waals surface area contributed by atoms with Crippen molar-refractivity contribution in [1.29, 1.82) is 0 Å². The van der Waals surface area contributed by atoms with Gasteiger partial charge in [-0.15, -0.1) is 22.0 Å². The molecule has 7 nitrogen and oxygen atoms in total. The number of benzene rings is 2. The molecule has 0 aliphatic rings. The van der Waals surface area contributed by atoms with Crippen LogP contribution in [-0.4, -0.2) is 38.7 Å². The number of nitrogens with one attached hydrogen (secondary N) is 1. The third-order valence-electron chi connectivity index (χ3n) is 3.69. The highest BCUT2D eigenvalue weighted by molar-refractivity contribution is 7.99. The lowest BCUT2D eigenvalue weighted by molar-refractivity contribution is 0.169. The molecule has 2 aromatic carbocycles. The van der Waals surface area contributed by atoms with Crippen molar-refractivity contribution in [2.45, 2.75) is 18.4 Å². The summed E-state index contributed by atoms with van der Waals surface area (Å²) < 4.78 is 5.22. The van der Waals surface area contributed by atoms with E-state index in [2.05, 4.69) is 33.7 Å². The zero-order valence-corrected chi connectivity index (χ0v) is 15.1. The summed E-state index contributed by atoms with van der Waals surface area (Å²) >= 11 is 1.65. The van der Waals surface area contributed by atoms with Gasteiger partial charge in [0.2, 0.25) is 0 Å². The highest BCUT2D eigenvalue weighted by atomic mass is 32.2. The molecule has 0 radical (unpaired) electrons. The first-order valence-corrected chi connectivity index (χ1v) is 9.12. The number of thioether (sulfide) groups is 1. The Labute approximate surface area is 155 Å². The summed E-state index contributed by atoms with van der Waals surface area (Å²) in [5.41, 5.74) is 3.02. The number of carbonyl (C=O) groups excluding carboxylic acids is 1. The summed E-state index contributed by atoms with van der Waals surface area (Å²) in [7, 11) is 0. The Balaban J connectivity index is 1.46. The number of anilines is 1. The minimum absolute atomic E-state index is 0.331. The molecule has 1 aromatic heterocycles. The number of rotatable bonds is 7. The Morgan fingerprint density at radius 3 is 2.81 bits per heavy atom. The zero-order chi connectivity index (χ0) is 18.2. The molecule has 134 valence electrons. The van der Waals surface area contributed by atoms with E-state index in [1.165, 1.54) is 11.9 Å². The Kier molecular flexibility index (Phi) is 6.21. The number of amides is 1. The van der Waals surface area contributed by atoms with Crippen LogP contribution < -0.4 is 5.32 Å². The molecular formula is C18H19N5O2S. The standard InChI is InChI=1S/C18H19N5O2S/c1-14-15(12-23-20-13-19-22-23)6-5-9-17(14)26-11-10-25-18(24)21-16-7-3-2-4-8-16/h2-9,13H,10-12H2,1H3,(H,21,24). The van der Waals surface area contributed by atoms with Crippen LogP contribution in [0.4, 0.5) is 10.5 Å². The van der Waals surface area contributed by atoms with Crippen LogP contribution in [0.25, 0.3) is 0 Å². The van der Waals surface area contributed by atoms with Crippen molar-refractivity contribution in [2.75, 3.05) is 17.7 Å². The van der Waals surface area contributed by atoms with Gasteiger partial charge in [-0.1, -0.05) is 30.3 Å². The van der Waals surface area contributed by atoms with Crippen LogP contribution in [-0.2, 0) is 11.3 Å². The Bertz CT molecular complexity index is 840. The molecule has 3 aromatic rings. The van der Waals surface area contributed by atoms with Crippen LogP contribution in [0, 0.1) is 6.92 Å². The molecule has 0 aliphatic carbocycles. The summed E-state index contributed by atoms with van der Waals surface area (Å²) in [5.74, 6) is 0.675. The third-order valence-corrected chi connectivity index (χ3v) is 4.82. The normalized spacial score (nSPS) is 10.5. The van der Waals surface area contributed by atoms with Crippen molar-refractivity contribution >= 4 is 23.5 Å². The maximum atomic E-state index is 11.8. The van der Waals surface area contributed by atoms with E-state index in [9.17, 15) is 4.79 Å². The highest BCUT2D eigenvalue weighted by Gasteiger charge is 2.07. The third kappa shape index (κ3) is 5.06. The van der Waals surface area contributed by atoms with Gasteiger partial charge in [0.1, 0.15) is 6.61 Å². The van der Waals surface area contributed by atoms with E-state index >= 15 is 0 Å². The first kappa shape index (κ1) is 17.9. The molecule has 3 rings (SSSR count). The number of aromatic nitrogens is 4. The molecule has 8 heteroatoms. The van der Waals surface area contributed by atoms with Crippen molar-refractivity contribution in [1.82, 2.24) is 20.2 Å². The Morgan fingerprint density at radius 2 is 2.04 bits per heavy atom. The molecular weight excluding hydrogens is 350 g/mol. The van der Waals surface area contributed by atoms with Gasteiger partial charge in [0.25, 0.3) is 0 Å². The maximum absolute atomic E-state index is 11.8. The molecule has 0 fully saturated rings. The van der Waals surface area contributed by atoms with E-state index in [1.807, 2.05) is 42.5 Å². The van der Waals surface area contributed by atoms with Gasteiger partial charge in [0.05, 0.1) is 6.54 Å². The van der Waals surface area contributed by atoms with Gasteiger partial charge in [-0.05, 0) is 41.5 Å². The second-order valence-electron chi connectivity index (χ2n) is 5.48. The number of para-hydroxylation sites is 1. The summed E-state index contributed by atoms with van der Waals surface area (Å²) in [5, 5.41) is 14.3.